The minimum atomic E-state index is 0.251. The molecule has 1 aliphatic carbocycles. The lowest BCUT2D eigenvalue weighted by Crippen LogP contribution is -2.26. The average molecular weight is 198 g/mol. The zero-order valence-corrected chi connectivity index (χ0v) is 8.80. The van der Waals surface area contributed by atoms with E-state index >= 15 is 0 Å². The van der Waals surface area contributed by atoms with Crippen molar-refractivity contribution in [2.24, 2.45) is 11.8 Å². The Morgan fingerprint density at radius 2 is 1.14 bits per heavy atom. The molecule has 0 heterocycles. The summed E-state index contributed by atoms with van der Waals surface area (Å²) in [6.07, 6.45) is 3.73. The van der Waals surface area contributed by atoms with Crippen LogP contribution < -0.4 is 0 Å². The van der Waals surface area contributed by atoms with Crippen molar-refractivity contribution >= 4 is 11.8 Å². The Morgan fingerprint density at radius 1 is 0.857 bits per heavy atom. The fourth-order valence-corrected chi connectivity index (χ4v) is 1.95. The highest BCUT2D eigenvalue weighted by molar-refractivity contribution is 5.77. The van der Waals surface area contributed by atoms with Gasteiger partial charge in [0.05, 0.1) is 14.2 Å². The third-order valence-corrected chi connectivity index (χ3v) is 2.91. The highest BCUT2D eigenvalue weighted by atomic mass is 16.5. The van der Waals surface area contributed by atoms with Crippen LogP contribution >= 0.6 is 0 Å². The van der Waals surface area contributed by atoms with Gasteiger partial charge in [-0.2, -0.15) is 0 Å². The van der Waals surface area contributed by atoms with Crippen LogP contribution in [0, 0.1) is 22.7 Å². The first-order valence-corrected chi connectivity index (χ1v) is 4.94. The molecule has 0 bridgehead atoms. The van der Waals surface area contributed by atoms with E-state index in [2.05, 4.69) is 0 Å². The normalized spacial score (nSPS) is 26.7. The van der Waals surface area contributed by atoms with Gasteiger partial charge in [-0.15, -0.1) is 0 Å². The van der Waals surface area contributed by atoms with Crippen LogP contribution in [-0.4, -0.2) is 26.0 Å². The fraction of sp³-hybridized carbons (Fsp3) is 0.800. The van der Waals surface area contributed by atoms with E-state index in [1.54, 1.807) is 14.2 Å². The highest BCUT2D eigenvalue weighted by Gasteiger charge is 2.27. The first-order chi connectivity index (χ1) is 6.69. The molecule has 80 valence electrons. The van der Waals surface area contributed by atoms with Crippen LogP contribution in [0.3, 0.4) is 0 Å². The minimum absolute atomic E-state index is 0.251. The van der Waals surface area contributed by atoms with Crippen molar-refractivity contribution in [2.45, 2.75) is 25.7 Å². The molecule has 1 aliphatic rings. The molecule has 0 aliphatic heterocycles. The average Bonchev–Trinajstić information content (AvgIpc) is 2.27. The summed E-state index contributed by atoms with van der Waals surface area (Å²) in [6, 6.07) is 0. The Balaban J connectivity index is 2.38. The molecule has 1 fully saturated rings. The summed E-state index contributed by atoms with van der Waals surface area (Å²) in [5.41, 5.74) is 0. The lowest BCUT2D eigenvalue weighted by molar-refractivity contribution is 0.279. The number of hydrogen-bond acceptors (Lipinski definition) is 4. The van der Waals surface area contributed by atoms with Crippen LogP contribution in [-0.2, 0) is 9.47 Å². The monoisotopic (exact) mass is 198 g/mol. The van der Waals surface area contributed by atoms with Gasteiger partial charge in [0.15, 0.2) is 11.8 Å². The van der Waals surface area contributed by atoms with E-state index in [0.29, 0.717) is 11.8 Å². The SMILES string of the molecule is COC(=N)C1CCC(C(=N)OC)CC1. The Kier molecular flexibility index (Phi) is 3.92. The molecule has 1 saturated carbocycles. The predicted octanol–water partition coefficient (Wildman–Crippen LogP) is 2.04. The number of hydrogen-bond donors (Lipinski definition) is 2. The zero-order valence-electron chi connectivity index (χ0n) is 8.80. The highest BCUT2D eigenvalue weighted by Crippen LogP contribution is 2.30. The Hall–Kier alpha value is -1.06. The van der Waals surface area contributed by atoms with Gasteiger partial charge in [0.2, 0.25) is 0 Å². The van der Waals surface area contributed by atoms with Gasteiger partial charge < -0.3 is 9.47 Å². The van der Waals surface area contributed by atoms with Crippen LogP contribution in [0.4, 0.5) is 0 Å². The van der Waals surface area contributed by atoms with E-state index in [0.717, 1.165) is 25.7 Å². The van der Waals surface area contributed by atoms with Gasteiger partial charge >= 0.3 is 0 Å². The lowest BCUT2D eigenvalue weighted by atomic mass is 9.82. The van der Waals surface area contributed by atoms with Crippen LogP contribution in [0.15, 0.2) is 0 Å². The molecule has 4 nitrogen and oxygen atoms in total. The summed E-state index contributed by atoms with van der Waals surface area (Å²) < 4.78 is 9.82. The molecule has 14 heavy (non-hydrogen) atoms. The summed E-state index contributed by atoms with van der Waals surface area (Å²) in [5, 5.41) is 15.1. The Labute approximate surface area is 84.6 Å². The second kappa shape index (κ2) is 4.98. The van der Waals surface area contributed by atoms with Crippen LogP contribution in [0.5, 0.6) is 0 Å². The lowest BCUT2D eigenvalue weighted by Gasteiger charge is -2.27. The summed E-state index contributed by atoms with van der Waals surface area (Å²) >= 11 is 0. The molecule has 0 unspecified atom stereocenters. The van der Waals surface area contributed by atoms with Gasteiger partial charge in [-0.25, -0.2) is 0 Å². The van der Waals surface area contributed by atoms with Gasteiger partial charge in [-0.05, 0) is 25.7 Å². The molecule has 2 N–H and O–H groups in total. The fourth-order valence-electron chi connectivity index (χ4n) is 1.95. The summed E-state index contributed by atoms with van der Waals surface area (Å²) in [7, 11) is 3.09. The van der Waals surface area contributed by atoms with Crippen LogP contribution in [0.1, 0.15) is 25.7 Å². The van der Waals surface area contributed by atoms with Gasteiger partial charge in [0, 0.05) is 11.8 Å². The van der Waals surface area contributed by atoms with Crippen molar-refractivity contribution in [3.63, 3.8) is 0 Å². The van der Waals surface area contributed by atoms with E-state index in [1.807, 2.05) is 0 Å². The van der Waals surface area contributed by atoms with Crippen LogP contribution in [0.25, 0.3) is 0 Å². The number of methoxy groups -OCH3 is 2. The zero-order chi connectivity index (χ0) is 10.6. The van der Waals surface area contributed by atoms with Crippen molar-refractivity contribution in [2.75, 3.05) is 14.2 Å². The summed E-state index contributed by atoms with van der Waals surface area (Å²) in [5.74, 6) is 1.27. The van der Waals surface area contributed by atoms with E-state index in [-0.39, 0.29) is 11.8 Å². The molecular formula is C10H18N2O2. The topological polar surface area (TPSA) is 66.2 Å². The number of ether oxygens (including phenoxy) is 2. The van der Waals surface area contributed by atoms with E-state index in [4.69, 9.17) is 20.3 Å². The maximum absolute atomic E-state index is 7.54. The standard InChI is InChI=1S/C10H18N2O2/c1-13-9(11)7-3-5-8(6-4-7)10(12)14-2/h7-8,11-12H,3-6H2,1-2H3. The largest absolute Gasteiger partial charge is 0.484 e. The smallest absolute Gasteiger partial charge is 0.183 e. The molecule has 4 heteroatoms. The Bertz CT molecular complexity index is 196. The van der Waals surface area contributed by atoms with Crippen molar-refractivity contribution in [3.05, 3.63) is 0 Å². The Morgan fingerprint density at radius 3 is 1.36 bits per heavy atom. The molecule has 0 saturated heterocycles. The van der Waals surface area contributed by atoms with Crippen LogP contribution in [0.2, 0.25) is 0 Å². The second-order valence-electron chi connectivity index (χ2n) is 3.69. The molecule has 0 aromatic rings. The molecule has 0 spiro atoms. The van der Waals surface area contributed by atoms with Gasteiger partial charge in [0.1, 0.15) is 0 Å². The van der Waals surface area contributed by atoms with Crippen molar-refractivity contribution in [1.29, 1.82) is 10.8 Å². The minimum Gasteiger partial charge on any atom is -0.484 e. The summed E-state index contributed by atoms with van der Waals surface area (Å²) in [4.78, 5) is 0. The first-order valence-electron chi connectivity index (χ1n) is 4.94. The molecule has 0 aromatic heterocycles. The molecule has 1 rings (SSSR count). The van der Waals surface area contributed by atoms with E-state index < -0.39 is 0 Å². The molecular weight excluding hydrogens is 180 g/mol. The van der Waals surface area contributed by atoms with E-state index in [9.17, 15) is 0 Å². The van der Waals surface area contributed by atoms with Crippen molar-refractivity contribution in [3.8, 4) is 0 Å². The second-order valence-corrected chi connectivity index (χ2v) is 3.69. The quantitative estimate of drug-likeness (QED) is 0.526. The molecule has 0 aromatic carbocycles. The summed E-state index contributed by atoms with van der Waals surface area (Å²) in [6.45, 7) is 0. The van der Waals surface area contributed by atoms with Crippen molar-refractivity contribution < 1.29 is 9.47 Å². The third-order valence-electron chi connectivity index (χ3n) is 2.91. The third kappa shape index (κ3) is 2.47. The van der Waals surface area contributed by atoms with Gasteiger partial charge in [0.25, 0.3) is 0 Å². The maximum Gasteiger partial charge on any atom is 0.183 e. The molecule has 0 atom stereocenters. The van der Waals surface area contributed by atoms with Gasteiger partial charge in [-0.1, -0.05) is 0 Å². The number of rotatable bonds is 2. The van der Waals surface area contributed by atoms with Crippen molar-refractivity contribution in [1.82, 2.24) is 0 Å². The van der Waals surface area contributed by atoms with E-state index in [1.165, 1.54) is 0 Å². The maximum atomic E-state index is 7.54. The van der Waals surface area contributed by atoms with Gasteiger partial charge in [-0.3, -0.25) is 10.8 Å². The molecule has 0 radical (unpaired) electrons. The predicted molar refractivity (Wildman–Crippen MR) is 54.9 cm³/mol. The molecule has 0 amide bonds. The first kappa shape index (κ1) is 11.0. The number of nitrogens with one attached hydrogen (secondary N) is 2.